The van der Waals surface area contributed by atoms with E-state index >= 15 is 0 Å². The van der Waals surface area contributed by atoms with Gasteiger partial charge in [-0.2, -0.15) is 13.2 Å². The van der Waals surface area contributed by atoms with Crippen molar-refractivity contribution in [1.29, 1.82) is 0 Å². The minimum atomic E-state index is -4.34. The molecule has 148 valence electrons. The smallest absolute Gasteiger partial charge is 0.340 e. The molecular weight excluding hydrogens is 387 g/mol. The van der Waals surface area contributed by atoms with Crippen LogP contribution in [0.5, 0.6) is 0 Å². The Kier molecular flexibility index (Phi) is 4.49. The van der Waals surface area contributed by atoms with Gasteiger partial charge in [-0.15, -0.1) is 11.3 Å². The molecule has 1 aliphatic carbocycles. The van der Waals surface area contributed by atoms with Crippen molar-refractivity contribution in [2.24, 2.45) is 5.92 Å². The molecular formula is C20H20F3N3OS. The number of thiazole rings is 1. The van der Waals surface area contributed by atoms with Gasteiger partial charge in [0, 0.05) is 24.0 Å². The number of benzene rings is 1. The van der Waals surface area contributed by atoms with Gasteiger partial charge in [0.15, 0.2) is 4.96 Å². The number of alkyl halides is 3. The van der Waals surface area contributed by atoms with E-state index in [1.807, 2.05) is 24.4 Å². The Morgan fingerprint density at radius 1 is 1.29 bits per heavy atom. The number of hydrogen-bond donors (Lipinski definition) is 0. The first-order valence-corrected chi connectivity index (χ1v) is 9.83. The Labute approximate surface area is 164 Å². The van der Waals surface area contributed by atoms with E-state index in [4.69, 9.17) is 0 Å². The number of amides is 1. The Morgan fingerprint density at radius 3 is 2.61 bits per heavy atom. The second-order valence-corrected chi connectivity index (χ2v) is 8.61. The Morgan fingerprint density at radius 2 is 1.96 bits per heavy atom. The Hall–Kier alpha value is -2.35. The minimum Gasteiger partial charge on any atom is -0.340 e. The molecule has 4 rings (SSSR count). The lowest BCUT2D eigenvalue weighted by Gasteiger charge is -2.17. The van der Waals surface area contributed by atoms with Gasteiger partial charge in [-0.05, 0) is 43.9 Å². The number of fused-ring (bicyclic) bond motifs is 1. The number of imidazole rings is 1. The van der Waals surface area contributed by atoms with E-state index in [0.29, 0.717) is 13.0 Å². The van der Waals surface area contributed by atoms with Gasteiger partial charge in [-0.1, -0.05) is 12.1 Å². The summed E-state index contributed by atoms with van der Waals surface area (Å²) in [6.45, 7) is 4.41. The van der Waals surface area contributed by atoms with Gasteiger partial charge in [0.05, 0.1) is 23.5 Å². The number of aryl methyl sites for hydroxylation is 2. The van der Waals surface area contributed by atoms with Crippen molar-refractivity contribution >= 4 is 22.2 Å². The summed E-state index contributed by atoms with van der Waals surface area (Å²) in [5, 5.41) is 0. The molecule has 0 saturated heterocycles. The molecule has 2 unspecified atom stereocenters. The Balaban J connectivity index is 1.44. The minimum absolute atomic E-state index is 0.00724. The molecule has 1 fully saturated rings. The van der Waals surface area contributed by atoms with Gasteiger partial charge in [-0.25, -0.2) is 4.98 Å². The van der Waals surface area contributed by atoms with Crippen LogP contribution in [0.3, 0.4) is 0 Å². The standard InChI is InChI=1S/C20H20F3N3OS/c1-11-9-26-17(12(2)24-19(26)28-11)10-25(3)18(27)16-8-15(16)13-4-6-14(7-5-13)20(21,22)23/h4-7,9,15-16H,8,10H2,1-3H3. The number of hydrogen-bond acceptors (Lipinski definition) is 3. The van der Waals surface area contributed by atoms with Crippen LogP contribution in [0.25, 0.3) is 4.96 Å². The zero-order valence-electron chi connectivity index (χ0n) is 15.7. The van der Waals surface area contributed by atoms with Crippen LogP contribution in [0, 0.1) is 19.8 Å². The average Bonchev–Trinajstić information content (AvgIpc) is 3.28. The molecule has 28 heavy (non-hydrogen) atoms. The lowest BCUT2D eigenvalue weighted by Crippen LogP contribution is -2.28. The molecule has 0 spiro atoms. The monoisotopic (exact) mass is 407 g/mol. The van der Waals surface area contributed by atoms with E-state index in [1.165, 1.54) is 12.1 Å². The molecule has 3 aromatic rings. The van der Waals surface area contributed by atoms with Crippen molar-refractivity contribution in [3.8, 4) is 0 Å². The van der Waals surface area contributed by atoms with Gasteiger partial charge in [0.1, 0.15) is 0 Å². The van der Waals surface area contributed by atoms with E-state index in [1.54, 1.807) is 23.3 Å². The van der Waals surface area contributed by atoms with Gasteiger partial charge in [0.25, 0.3) is 0 Å². The molecule has 4 nitrogen and oxygen atoms in total. The molecule has 2 heterocycles. The highest BCUT2D eigenvalue weighted by atomic mass is 32.1. The van der Waals surface area contributed by atoms with Gasteiger partial charge >= 0.3 is 6.18 Å². The van der Waals surface area contributed by atoms with Crippen LogP contribution in [-0.2, 0) is 17.5 Å². The van der Waals surface area contributed by atoms with Gasteiger partial charge < -0.3 is 4.90 Å². The number of nitrogens with zero attached hydrogens (tertiary/aromatic N) is 3. The van der Waals surface area contributed by atoms with Gasteiger partial charge in [0.2, 0.25) is 5.91 Å². The molecule has 1 saturated carbocycles. The summed E-state index contributed by atoms with van der Waals surface area (Å²) >= 11 is 1.61. The predicted molar refractivity (Wildman–Crippen MR) is 101 cm³/mol. The van der Waals surface area contributed by atoms with Crippen molar-refractivity contribution in [2.45, 2.75) is 38.9 Å². The first-order valence-electron chi connectivity index (χ1n) is 9.01. The molecule has 8 heteroatoms. The summed E-state index contributed by atoms with van der Waals surface area (Å²) in [6.07, 6.45) is -1.64. The molecule has 2 atom stereocenters. The van der Waals surface area contributed by atoms with Crippen LogP contribution >= 0.6 is 11.3 Å². The van der Waals surface area contributed by atoms with Crippen LogP contribution in [-0.4, -0.2) is 27.2 Å². The number of aromatic nitrogens is 2. The average molecular weight is 407 g/mol. The van der Waals surface area contributed by atoms with Crippen molar-refractivity contribution in [3.63, 3.8) is 0 Å². The largest absolute Gasteiger partial charge is 0.416 e. The van der Waals surface area contributed by atoms with Crippen molar-refractivity contribution in [2.75, 3.05) is 7.05 Å². The van der Waals surface area contributed by atoms with E-state index in [0.717, 1.165) is 38.9 Å². The highest BCUT2D eigenvalue weighted by Crippen LogP contribution is 2.48. The van der Waals surface area contributed by atoms with Crippen molar-refractivity contribution in [1.82, 2.24) is 14.3 Å². The second kappa shape index (κ2) is 6.62. The molecule has 0 aliphatic heterocycles. The Bertz CT molecular complexity index is 1040. The molecule has 0 bridgehead atoms. The maximum atomic E-state index is 12.8. The molecule has 0 radical (unpaired) electrons. The van der Waals surface area contributed by atoms with Crippen LogP contribution in [0.1, 0.15) is 39.7 Å². The number of carbonyl (C=O) groups is 1. The number of carbonyl (C=O) groups excluding carboxylic acids is 1. The molecule has 1 amide bonds. The number of halogens is 3. The highest BCUT2D eigenvalue weighted by molar-refractivity contribution is 7.17. The van der Waals surface area contributed by atoms with E-state index in [9.17, 15) is 18.0 Å². The van der Waals surface area contributed by atoms with E-state index < -0.39 is 11.7 Å². The van der Waals surface area contributed by atoms with E-state index in [-0.39, 0.29) is 17.7 Å². The van der Waals surface area contributed by atoms with Crippen LogP contribution in [0.15, 0.2) is 30.5 Å². The molecule has 1 aromatic carbocycles. The molecule has 0 N–H and O–H groups in total. The maximum Gasteiger partial charge on any atom is 0.416 e. The van der Waals surface area contributed by atoms with Crippen LogP contribution in [0.2, 0.25) is 0 Å². The summed E-state index contributed by atoms with van der Waals surface area (Å²) in [5.41, 5.74) is 2.02. The maximum absolute atomic E-state index is 12.8. The third kappa shape index (κ3) is 3.41. The SMILES string of the molecule is Cc1cn2c(CN(C)C(=O)C3CC3c3ccc(C(F)(F)F)cc3)c(C)nc2s1. The quantitative estimate of drug-likeness (QED) is 0.623. The lowest BCUT2D eigenvalue weighted by molar-refractivity contribution is -0.137. The van der Waals surface area contributed by atoms with Crippen molar-refractivity contribution < 1.29 is 18.0 Å². The normalized spacial score (nSPS) is 19.2. The highest BCUT2D eigenvalue weighted by Gasteiger charge is 2.45. The zero-order chi connectivity index (χ0) is 20.2. The fourth-order valence-electron chi connectivity index (χ4n) is 3.64. The summed E-state index contributed by atoms with van der Waals surface area (Å²) < 4.78 is 40.1. The first kappa shape index (κ1) is 19.0. The second-order valence-electron chi connectivity index (χ2n) is 7.40. The van der Waals surface area contributed by atoms with Crippen LogP contribution < -0.4 is 0 Å². The zero-order valence-corrected chi connectivity index (χ0v) is 16.6. The first-order chi connectivity index (χ1) is 13.1. The summed E-state index contributed by atoms with van der Waals surface area (Å²) in [6, 6.07) is 5.15. The summed E-state index contributed by atoms with van der Waals surface area (Å²) in [5.74, 6) is -0.159. The fourth-order valence-corrected chi connectivity index (χ4v) is 4.53. The van der Waals surface area contributed by atoms with E-state index in [2.05, 4.69) is 4.98 Å². The lowest BCUT2D eigenvalue weighted by atomic mass is 10.1. The topological polar surface area (TPSA) is 37.6 Å². The molecule has 2 aromatic heterocycles. The van der Waals surface area contributed by atoms with Crippen molar-refractivity contribution in [3.05, 3.63) is 57.9 Å². The third-order valence-corrected chi connectivity index (χ3v) is 6.18. The predicted octanol–water partition coefficient (Wildman–Crippen LogP) is 4.79. The molecule has 1 aliphatic rings. The fraction of sp³-hybridized carbons (Fsp3) is 0.400. The van der Waals surface area contributed by atoms with Crippen LogP contribution in [0.4, 0.5) is 13.2 Å². The number of rotatable bonds is 4. The third-order valence-electron chi connectivity index (χ3n) is 5.28. The summed E-state index contributed by atoms with van der Waals surface area (Å²) in [4.78, 5) is 21.1. The summed E-state index contributed by atoms with van der Waals surface area (Å²) in [7, 11) is 1.77. The van der Waals surface area contributed by atoms with Gasteiger partial charge in [-0.3, -0.25) is 9.20 Å².